The number of anilines is 1. The second-order valence-corrected chi connectivity index (χ2v) is 9.24. The maximum absolute atomic E-state index is 12.4. The number of hydrogen-bond donors (Lipinski definition) is 1. The predicted octanol–water partition coefficient (Wildman–Crippen LogP) is 4.51. The Morgan fingerprint density at radius 2 is 1.85 bits per heavy atom. The Bertz CT molecular complexity index is 960. The molecule has 0 fully saturated rings. The fraction of sp³-hybridized carbons (Fsp3) is 0.316. The molecule has 2 aromatic carbocycles. The van der Waals surface area contributed by atoms with Crippen LogP contribution in [-0.2, 0) is 21.1 Å². The van der Waals surface area contributed by atoms with Crippen LogP contribution in [0.1, 0.15) is 24.8 Å². The first-order valence-electron chi connectivity index (χ1n) is 8.58. The van der Waals surface area contributed by atoms with Crippen LogP contribution in [0.5, 0.6) is 5.75 Å². The first-order chi connectivity index (χ1) is 12.8. The van der Waals surface area contributed by atoms with Crippen LogP contribution in [0.3, 0.4) is 0 Å². The van der Waals surface area contributed by atoms with Crippen molar-refractivity contribution in [1.82, 2.24) is 0 Å². The Kier molecular flexibility index (Phi) is 6.29. The van der Waals surface area contributed by atoms with Gasteiger partial charge in [0.15, 0.2) is 9.84 Å². The van der Waals surface area contributed by atoms with Gasteiger partial charge in [-0.1, -0.05) is 23.2 Å². The number of amides is 1. The number of hydrogen-bond acceptors (Lipinski definition) is 4. The Balaban J connectivity index is 1.49. The van der Waals surface area contributed by atoms with Crippen molar-refractivity contribution in [2.75, 3.05) is 17.7 Å². The molecule has 27 heavy (non-hydrogen) atoms. The number of carbonyl (C=O) groups excluding carboxylic acids is 1. The lowest BCUT2D eigenvalue weighted by molar-refractivity contribution is -0.116. The van der Waals surface area contributed by atoms with Crippen LogP contribution >= 0.6 is 23.2 Å². The Morgan fingerprint density at radius 1 is 1.04 bits per heavy atom. The van der Waals surface area contributed by atoms with Crippen LogP contribution in [0.4, 0.5) is 5.69 Å². The summed E-state index contributed by atoms with van der Waals surface area (Å²) in [5.74, 6) is 0.718. The maximum atomic E-state index is 12.4. The van der Waals surface area contributed by atoms with E-state index in [0.717, 1.165) is 11.3 Å². The highest BCUT2D eigenvalue weighted by molar-refractivity contribution is 7.91. The number of benzene rings is 2. The smallest absolute Gasteiger partial charge is 0.224 e. The molecule has 0 aliphatic carbocycles. The van der Waals surface area contributed by atoms with E-state index in [9.17, 15) is 13.2 Å². The first kappa shape index (κ1) is 20.0. The van der Waals surface area contributed by atoms with Crippen molar-refractivity contribution in [1.29, 1.82) is 0 Å². The van der Waals surface area contributed by atoms with E-state index in [0.29, 0.717) is 43.1 Å². The summed E-state index contributed by atoms with van der Waals surface area (Å²) in [5, 5.41) is 3.34. The Labute approximate surface area is 168 Å². The minimum atomic E-state index is -3.49. The van der Waals surface area contributed by atoms with E-state index in [4.69, 9.17) is 27.9 Å². The molecule has 1 heterocycles. The lowest BCUT2D eigenvalue weighted by atomic mass is 10.0. The standard InChI is InChI=1S/C19H19Cl2NO4S/c20-14-4-6-16(21)18(12-14)27(24,25)10-2-1-9-26-15-5-7-17-13(11-15)3-8-19(23)22-17/h4-7,11-12H,1-3,8-10H2,(H,22,23). The molecule has 0 unspecified atom stereocenters. The highest BCUT2D eigenvalue weighted by Gasteiger charge is 2.18. The zero-order chi connectivity index (χ0) is 19.4. The van der Waals surface area contributed by atoms with E-state index in [-0.39, 0.29) is 21.6 Å². The van der Waals surface area contributed by atoms with Crippen LogP contribution in [-0.4, -0.2) is 26.7 Å². The van der Waals surface area contributed by atoms with Crippen molar-refractivity contribution in [2.45, 2.75) is 30.6 Å². The van der Waals surface area contributed by atoms with Gasteiger partial charge in [-0.3, -0.25) is 4.79 Å². The van der Waals surface area contributed by atoms with Crippen LogP contribution < -0.4 is 10.1 Å². The number of sulfone groups is 1. The average molecular weight is 428 g/mol. The zero-order valence-corrected chi connectivity index (χ0v) is 16.8. The minimum Gasteiger partial charge on any atom is -0.494 e. The van der Waals surface area contributed by atoms with E-state index in [2.05, 4.69) is 5.32 Å². The molecular weight excluding hydrogens is 409 g/mol. The van der Waals surface area contributed by atoms with Crippen molar-refractivity contribution in [3.8, 4) is 5.75 Å². The van der Waals surface area contributed by atoms with Crippen molar-refractivity contribution in [2.24, 2.45) is 0 Å². The van der Waals surface area contributed by atoms with Gasteiger partial charge in [-0.25, -0.2) is 8.42 Å². The summed E-state index contributed by atoms with van der Waals surface area (Å²) in [7, 11) is -3.49. The summed E-state index contributed by atoms with van der Waals surface area (Å²) < 4.78 is 30.5. The van der Waals surface area contributed by atoms with Gasteiger partial charge in [0.25, 0.3) is 0 Å². The summed E-state index contributed by atoms with van der Waals surface area (Å²) in [4.78, 5) is 11.4. The molecule has 5 nitrogen and oxygen atoms in total. The first-order valence-corrected chi connectivity index (χ1v) is 11.0. The molecule has 1 aliphatic rings. The Hall–Kier alpha value is -1.76. The number of carbonyl (C=O) groups is 1. The molecule has 0 bridgehead atoms. The molecule has 0 aromatic heterocycles. The summed E-state index contributed by atoms with van der Waals surface area (Å²) in [6.45, 7) is 0.407. The number of aryl methyl sites for hydroxylation is 1. The SMILES string of the molecule is O=C1CCc2cc(OCCCCS(=O)(=O)c3cc(Cl)ccc3Cl)ccc2N1. The van der Waals surface area contributed by atoms with E-state index in [1.54, 1.807) is 12.1 Å². The molecule has 3 rings (SSSR count). The normalized spacial score (nSPS) is 13.8. The van der Waals surface area contributed by atoms with Crippen molar-refractivity contribution >= 4 is 44.6 Å². The highest BCUT2D eigenvalue weighted by Crippen LogP contribution is 2.28. The van der Waals surface area contributed by atoms with Gasteiger partial charge in [0, 0.05) is 17.1 Å². The molecule has 1 aliphatic heterocycles. The molecule has 0 atom stereocenters. The van der Waals surface area contributed by atoms with Crippen molar-refractivity contribution in [3.05, 3.63) is 52.0 Å². The van der Waals surface area contributed by atoms with Gasteiger partial charge >= 0.3 is 0 Å². The third-order valence-corrected chi connectivity index (χ3v) is 6.79. The quantitative estimate of drug-likeness (QED) is 0.659. The fourth-order valence-corrected chi connectivity index (χ4v) is 5.04. The lowest BCUT2D eigenvalue weighted by Crippen LogP contribution is -2.18. The van der Waals surface area contributed by atoms with Gasteiger partial charge in [0.1, 0.15) is 5.75 Å². The molecule has 144 valence electrons. The maximum Gasteiger partial charge on any atom is 0.224 e. The average Bonchev–Trinajstić information content (AvgIpc) is 2.63. The van der Waals surface area contributed by atoms with Gasteiger partial charge in [0.2, 0.25) is 5.91 Å². The second-order valence-electron chi connectivity index (χ2n) is 6.32. The summed E-state index contributed by atoms with van der Waals surface area (Å²) in [5.41, 5.74) is 1.87. The van der Waals surface area contributed by atoms with Gasteiger partial charge in [-0.2, -0.15) is 0 Å². The molecule has 8 heteroatoms. The number of rotatable bonds is 7. The number of unbranched alkanes of at least 4 members (excludes halogenated alkanes) is 1. The number of halogens is 2. The zero-order valence-electron chi connectivity index (χ0n) is 14.5. The topological polar surface area (TPSA) is 72.5 Å². The third kappa shape index (κ3) is 5.15. The predicted molar refractivity (Wildman–Crippen MR) is 107 cm³/mol. The van der Waals surface area contributed by atoms with Gasteiger partial charge < -0.3 is 10.1 Å². The number of fused-ring (bicyclic) bond motifs is 1. The molecule has 1 N–H and O–H groups in total. The molecule has 0 saturated carbocycles. The van der Waals surface area contributed by atoms with Crippen LogP contribution in [0.2, 0.25) is 10.0 Å². The van der Waals surface area contributed by atoms with Gasteiger partial charge in [-0.15, -0.1) is 0 Å². The summed E-state index contributed by atoms with van der Waals surface area (Å²) in [6.07, 6.45) is 2.20. The summed E-state index contributed by atoms with van der Waals surface area (Å²) >= 11 is 11.8. The number of nitrogens with one attached hydrogen (secondary N) is 1. The lowest BCUT2D eigenvalue weighted by Gasteiger charge is -2.17. The molecule has 0 radical (unpaired) electrons. The van der Waals surface area contributed by atoms with Crippen molar-refractivity contribution in [3.63, 3.8) is 0 Å². The van der Waals surface area contributed by atoms with Crippen LogP contribution in [0, 0.1) is 0 Å². The summed E-state index contributed by atoms with van der Waals surface area (Å²) in [6, 6.07) is 9.96. The minimum absolute atomic E-state index is 0.0212. The van der Waals surface area contributed by atoms with Gasteiger partial charge in [0.05, 0.1) is 22.3 Å². The fourth-order valence-electron chi connectivity index (χ4n) is 2.86. The number of ether oxygens (including phenoxy) is 1. The van der Waals surface area contributed by atoms with Crippen LogP contribution in [0.15, 0.2) is 41.3 Å². The van der Waals surface area contributed by atoms with Crippen LogP contribution in [0.25, 0.3) is 0 Å². The molecular formula is C19H19Cl2NO4S. The van der Waals surface area contributed by atoms with E-state index in [1.807, 2.05) is 12.1 Å². The largest absolute Gasteiger partial charge is 0.494 e. The third-order valence-electron chi connectivity index (χ3n) is 4.28. The van der Waals surface area contributed by atoms with E-state index in [1.165, 1.54) is 12.1 Å². The van der Waals surface area contributed by atoms with E-state index < -0.39 is 9.84 Å². The molecule has 2 aromatic rings. The van der Waals surface area contributed by atoms with Crippen molar-refractivity contribution < 1.29 is 17.9 Å². The Morgan fingerprint density at radius 3 is 2.67 bits per heavy atom. The molecule has 1 amide bonds. The second kappa shape index (κ2) is 8.50. The highest BCUT2D eigenvalue weighted by atomic mass is 35.5. The monoisotopic (exact) mass is 427 g/mol. The van der Waals surface area contributed by atoms with E-state index >= 15 is 0 Å². The molecule has 0 spiro atoms. The molecule has 0 saturated heterocycles. The van der Waals surface area contributed by atoms with Gasteiger partial charge in [-0.05, 0) is 61.2 Å².